The molecule has 0 saturated carbocycles. The van der Waals surface area contributed by atoms with Crippen molar-refractivity contribution in [1.29, 1.82) is 0 Å². The lowest BCUT2D eigenvalue weighted by Crippen LogP contribution is -1.47. The molecule has 0 rings (SSSR count). The number of hydrogen-bond donors (Lipinski definition) is 2. The molecule has 10 heavy (non-hydrogen) atoms. The van der Waals surface area contributed by atoms with Gasteiger partial charge in [0, 0.05) is 0 Å². The smallest absolute Gasteiger partial charge is 0.298 e. The maximum atomic E-state index is 8.70. The van der Waals surface area contributed by atoms with Gasteiger partial charge >= 0.3 is 8.25 Å². The Hall–Kier alpha value is 0.600. The minimum atomic E-state index is -2.87. The van der Waals surface area contributed by atoms with Crippen molar-refractivity contribution in [2.45, 2.75) is 26.7 Å². The molecule has 0 aliphatic rings. The van der Waals surface area contributed by atoms with E-state index in [9.17, 15) is 0 Å². The summed E-state index contributed by atoms with van der Waals surface area (Å²) in [4.78, 5) is 14.2. The molecule has 0 aromatic rings. The molecule has 0 saturated heterocycles. The van der Waals surface area contributed by atoms with Crippen molar-refractivity contribution in [3.8, 4) is 0 Å². The molecule has 0 aromatic carbocycles. The topological polar surface area (TPSA) is 57.5 Å². The van der Waals surface area contributed by atoms with Crippen LogP contribution in [0.15, 0.2) is 0 Å². The molecule has 2 N–H and O–H groups in total. The minimum absolute atomic E-state index is 0. The summed E-state index contributed by atoms with van der Waals surface area (Å²) in [6.45, 7) is 4.36. The Kier molecular flexibility index (Phi) is 50.8. The van der Waals surface area contributed by atoms with E-state index in [0.717, 1.165) is 0 Å². The Bertz CT molecular complexity index is 56.5. The largest absolute Gasteiger partial charge is 0.363 e. The first kappa shape index (κ1) is 22.4. The molecule has 0 aromatic heterocycles. The van der Waals surface area contributed by atoms with Crippen LogP contribution < -0.4 is 0 Å². The lowest BCUT2D eigenvalue weighted by Gasteiger charge is -1.68. The fourth-order valence-electron chi connectivity index (χ4n) is 0. The average molecular weight is 212 g/mol. The van der Waals surface area contributed by atoms with Crippen molar-refractivity contribution >= 4 is 33.1 Å². The molecule has 0 heterocycles. The second kappa shape index (κ2) is 22.6. The standard InChI is InChI=1S/C4H10.2ClH.H2O3P/c1-3-4-2;;;1-4(2)3/h3-4H2,1-2H3;2*1H;(H2,1,2,3). The van der Waals surface area contributed by atoms with Gasteiger partial charge in [-0.2, -0.15) is 0 Å². The Morgan fingerprint density at radius 2 is 1.20 bits per heavy atom. The van der Waals surface area contributed by atoms with Gasteiger partial charge in [-0.3, -0.25) is 9.79 Å². The monoisotopic (exact) mass is 211 g/mol. The highest BCUT2D eigenvalue weighted by Gasteiger charge is 1.65. The van der Waals surface area contributed by atoms with Gasteiger partial charge in [0.2, 0.25) is 0 Å². The summed E-state index contributed by atoms with van der Waals surface area (Å²) in [5, 5.41) is 0. The molecule has 0 bridgehead atoms. The molecular formula is C4H14Cl2O3P. The Morgan fingerprint density at radius 3 is 1.20 bits per heavy atom. The summed E-state index contributed by atoms with van der Waals surface area (Å²) in [6.07, 6.45) is 2.64. The molecule has 0 atom stereocenters. The summed E-state index contributed by atoms with van der Waals surface area (Å²) >= 11 is 0. The highest BCUT2D eigenvalue weighted by Crippen LogP contribution is 1.98. The van der Waals surface area contributed by atoms with Crippen LogP contribution in [-0.4, -0.2) is 9.79 Å². The van der Waals surface area contributed by atoms with E-state index in [-0.39, 0.29) is 24.8 Å². The third kappa shape index (κ3) is 194. The van der Waals surface area contributed by atoms with Crippen LogP contribution >= 0.6 is 33.1 Å². The zero-order valence-corrected chi connectivity index (χ0v) is 8.51. The predicted molar refractivity (Wildman–Crippen MR) is 47.1 cm³/mol. The van der Waals surface area contributed by atoms with Crippen molar-refractivity contribution < 1.29 is 14.4 Å². The molecule has 0 unspecified atom stereocenters. The van der Waals surface area contributed by atoms with E-state index in [1.54, 1.807) is 0 Å². The first-order valence-electron chi connectivity index (χ1n) is 2.50. The van der Waals surface area contributed by atoms with Crippen molar-refractivity contribution in [2.75, 3.05) is 0 Å². The van der Waals surface area contributed by atoms with Crippen LogP contribution in [0.3, 0.4) is 0 Å². The number of rotatable bonds is 1. The third-order valence-electron chi connectivity index (χ3n) is 0.500. The van der Waals surface area contributed by atoms with Gasteiger partial charge in [0.25, 0.3) is 0 Å². The first-order chi connectivity index (χ1) is 3.65. The maximum absolute atomic E-state index is 8.70. The van der Waals surface area contributed by atoms with Crippen molar-refractivity contribution in [3.05, 3.63) is 0 Å². The summed E-state index contributed by atoms with van der Waals surface area (Å²) in [5.41, 5.74) is 0. The molecule has 67 valence electrons. The molecule has 0 aliphatic carbocycles. The van der Waals surface area contributed by atoms with Gasteiger partial charge in [0.1, 0.15) is 0 Å². The number of unbranched alkanes of at least 4 members (excludes halogenated alkanes) is 1. The Balaban J connectivity index is -0.0000000300. The molecule has 3 nitrogen and oxygen atoms in total. The third-order valence-corrected chi connectivity index (χ3v) is 0.500. The number of halogens is 2. The van der Waals surface area contributed by atoms with E-state index < -0.39 is 8.25 Å². The van der Waals surface area contributed by atoms with E-state index in [4.69, 9.17) is 14.4 Å². The highest BCUT2D eigenvalue weighted by molar-refractivity contribution is 7.30. The van der Waals surface area contributed by atoms with Crippen LogP contribution in [0.4, 0.5) is 0 Å². The van der Waals surface area contributed by atoms with Crippen LogP contribution in [0.25, 0.3) is 0 Å². The van der Waals surface area contributed by atoms with E-state index in [1.807, 2.05) is 0 Å². The SMILES string of the molecule is CCCC.Cl.Cl.O=[P](O)O. The number of hydrogen-bond acceptors (Lipinski definition) is 1. The summed E-state index contributed by atoms with van der Waals surface area (Å²) < 4.78 is 8.70. The molecule has 0 aliphatic heterocycles. The van der Waals surface area contributed by atoms with E-state index >= 15 is 0 Å². The quantitative estimate of drug-likeness (QED) is 0.655. The zero-order chi connectivity index (χ0) is 6.99. The summed E-state index contributed by atoms with van der Waals surface area (Å²) in [7, 11) is -2.87. The maximum Gasteiger partial charge on any atom is 0.363 e. The second-order valence-corrected chi connectivity index (χ2v) is 1.76. The van der Waals surface area contributed by atoms with E-state index in [1.165, 1.54) is 12.8 Å². The van der Waals surface area contributed by atoms with Gasteiger partial charge in [-0.15, -0.1) is 24.8 Å². The zero-order valence-electron chi connectivity index (χ0n) is 5.98. The highest BCUT2D eigenvalue weighted by atomic mass is 35.5. The molecule has 1 radical (unpaired) electrons. The molecule has 0 spiro atoms. The van der Waals surface area contributed by atoms with Crippen molar-refractivity contribution in [3.63, 3.8) is 0 Å². The van der Waals surface area contributed by atoms with Crippen LogP contribution in [0.5, 0.6) is 0 Å². The fourth-order valence-corrected chi connectivity index (χ4v) is 0. The second-order valence-electron chi connectivity index (χ2n) is 1.25. The predicted octanol–water partition coefficient (Wildman–Crippen LogP) is 2.28. The van der Waals surface area contributed by atoms with Gasteiger partial charge in [0.05, 0.1) is 0 Å². The molecule has 0 fully saturated rings. The van der Waals surface area contributed by atoms with Gasteiger partial charge < -0.3 is 0 Å². The van der Waals surface area contributed by atoms with Gasteiger partial charge in [0.15, 0.2) is 0 Å². The molecular weight excluding hydrogens is 198 g/mol. The summed E-state index contributed by atoms with van der Waals surface area (Å²) in [6, 6.07) is 0. The fraction of sp³-hybridized carbons (Fsp3) is 1.00. The van der Waals surface area contributed by atoms with E-state index in [2.05, 4.69) is 13.8 Å². The van der Waals surface area contributed by atoms with Crippen LogP contribution in [0.1, 0.15) is 26.7 Å². The Morgan fingerprint density at radius 1 is 1.10 bits per heavy atom. The van der Waals surface area contributed by atoms with Crippen molar-refractivity contribution in [2.24, 2.45) is 0 Å². The minimum Gasteiger partial charge on any atom is -0.298 e. The molecule has 0 amide bonds. The molecule has 6 heteroatoms. The van der Waals surface area contributed by atoms with Crippen LogP contribution in [0.2, 0.25) is 0 Å². The van der Waals surface area contributed by atoms with Crippen molar-refractivity contribution in [1.82, 2.24) is 0 Å². The van der Waals surface area contributed by atoms with Gasteiger partial charge in [-0.25, -0.2) is 4.57 Å². The van der Waals surface area contributed by atoms with Crippen LogP contribution in [0, 0.1) is 0 Å². The Labute approximate surface area is 74.6 Å². The van der Waals surface area contributed by atoms with Crippen LogP contribution in [-0.2, 0) is 4.57 Å². The summed E-state index contributed by atoms with van der Waals surface area (Å²) in [5.74, 6) is 0. The lowest BCUT2D eigenvalue weighted by atomic mass is 10.4. The first-order valence-corrected chi connectivity index (χ1v) is 3.66. The lowest BCUT2D eigenvalue weighted by molar-refractivity contribution is 0.405. The average Bonchev–Trinajstić information content (AvgIpc) is 1.65. The van der Waals surface area contributed by atoms with Gasteiger partial charge in [-0.1, -0.05) is 26.7 Å². The van der Waals surface area contributed by atoms with Gasteiger partial charge in [-0.05, 0) is 0 Å². The normalized spacial score (nSPS) is 5.60. The van der Waals surface area contributed by atoms with E-state index in [0.29, 0.717) is 0 Å².